The van der Waals surface area contributed by atoms with Crippen LogP contribution < -0.4 is 5.32 Å². The number of carbonyl (C=O) groups is 1. The fourth-order valence-electron chi connectivity index (χ4n) is 4.20. The molecule has 2 bridgehead atoms. The first kappa shape index (κ1) is 13.3. The lowest BCUT2D eigenvalue weighted by molar-refractivity contribution is -0.125. The van der Waals surface area contributed by atoms with Crippen LogP contribution in [0.2, 0.25) is 0 Å². The van der Waals surface area contributed by atoms with Crippen molar-refractivity contribution in [3.05, 3.63) is 83.4 Å². The van der Waals surface area contributed by atoms with Gasteiger partial charge in [-0.2, -0.15) is 0 Å². The summed E-state index contributed by atoms with van der Waals surface area (Å²) in [6.07, 6.45) is 2.64. The Morgan fingerprint density at radius 3 is 2.14 bits per heavy atom. The summed E-state index contributed by atoms with van der Waals surface area (Å²) < 4.78 is 0. The third kappa shape index (κ3) is 1.83. The number of benzene rings is 2. The Bertz CT molecular complexity index is 701. The van der Waals surface area contributed by atoms with E-state index in [0.717, 1.165) is 6.42 Å². The lowest BCUT2D eigenvalue weighted by atomic mass is 9.59. The standard InChI is InChI=1S/C20H19NO/c1-2-11-21-20(22)18-12-17-13-7-3-5-9-15(13)19(18)16-10-6-4-8-14(16)17/h2-10,17-19H,1,11-12H2,(H,21,22)/t17?,18-,19?/m1/s1. The molecule has 0 saturated heterocycles. The van der Waals surface area contributed by atoms with Crippen molar-refractivity contribution in [2.24, 2.45) is 5.92 Å². The Hall–Kier alpha value is -2.35. The van der Waals surface area contributed by atoms with Gasteiger partial charge in [-0.1, -0.05) is 54.6 Å². The summed E-state index contributed by atoms with van der Waals surface area (Å²) in [5.74, 6) is 0.702. The van der Waals surface area contributed by atoms with Crippen molar-refractivity contribution in [2.75, 3.05) is 6.54 Å². The van der Waals surface area contributed by atoms with E-state index in [1.807, 2.05) is 0 Å². The van der Waals surface area contributed by atoms with Crippen LogP contribution in [0.15, 0.2) is 61.2 Å². The van der Waals surface area contributed by atoms with Gasteiger partial charge in [-0.3, -0.25) is 4.79 Å². The maximum atomic E-state index is 12.6. The minimum absolute atomic E-state index is 0.0229. The molecule has 0 spiro atoms. The maximum absolute atomic E-state index is 12.6. The normalized spacial score (nSPS) is 24.3. The van der Waals surface area contributed by atoms with Gasteiger partial charge in [-0.25, -0.2) is 0 Å². The predicted molar refractivity (Wildman–Crippen MR) is 87.9 cm³/mol. The first-order chi connectivity index (χ1) is 10.8. The zero-order valence-corrected chi connectivity index (χ0v) is 12.5. The van der Waals surface area contributed by atoms with Gasteiger partial charge in [0.05, 0.1) is 0 Å². The van der Waals surface area contributed by atoms with Crippen molar-refractivity contribution in [3.8, 4) is 0 Å². The number of hydrogen-bond acceptors (Lipinski definition) is 1. The second-order valence-corrected chi connectivity index (χ2v) is 6.16. The van der Waals surface area contributed by atoms with Gasteiger partial charge in [0.1, 0.15) is 0 Å². The molecule has 110 valence electrons. The van der Waals surface area contributed by atoms with Crippen LogP contribution >= 0.6 is 0 Å². The lowest BCUT2D eigenvalue weighted by Gasteiger charge is -2.44. The Morgan fingerprint density at radius 2 is 1.59 bits per heavy atom. The van der Waals surface area contributed by atoms with E-state index in [1.54, 1.807) is 6.08 Å². The van der Waals surface area contributed by atoms with E-state index >= 15 is 0 Å². The number of fused-ring (bicyclic) bond motifs is 1. The van der Waals surface area contributed by atoms with E-state index in [0.29, 0.717) is 12.5 Å². The average Bonchev–Trinajstić information content (AvgIpc) is 2.59. The van der Waals surface area contributed by atoms with Crippen molar-refractivity contribution < 1.29 is 4.79 Å². The summed E-state index contributed by atoms with van der Waals surface area (Å²) in [5, 5.41) is 2.99. The summed E-state index contributed by atoms with van der Waals surface area (Å²) in [6, 6.07) is 17.2. The predicted octanol–water partition coefficient (Wildman–Crippen LogP) is 3.59. The second kappa shape index (κ2) is 5.13. The highest BCUT2D eigenvalue weighted by Gasteiger charge is 2.45. The molecule has 5 rings (SSSR count). The van der Waals surface area contributed by atoms with Gasteiger partial charge in [0.25, 0.3) is 0 Å². The topological polar surface area (TPSA) is 29.1 Å². The Balaban J connectivity index is 1.82. The molecule has 0 unspecified atom stereocenters. The highest BCUT2D eigenvalue weighted by atomic mass is 16.1. The smallest absolute Gasteiger partial charge is 0.224 e. The molecule has 0 fully saturated rings. The molecule has 3 aliphatic carbocycles. The third-order valence-corrected chi connectivity index (χ3v) is 5.06. The number of amides is 1. The first-order valence-electron chi connectivity index (χ1n) is 7.87. The van der Waals surface area contributed by atoms with Gasteiger partial charge in [-0.15, -0.1) is 6.58 Å². The third-order valence-electron chi connectivity index (χ3n) is 5.06. The van der Waals surface area contributed by atoms with Crippen LogP contribution in [-0.2, 0) is 4.79 Å². The van der Waals surface area contributed by atoms with Crippen LogP contribution in [0, 0.1) is 5.92 Å². The van der Waals surface area contributed by atoms with Gasteiger partial charge < -0.3 is 5.32 Å². The number of carbonyl (C=O) groups excluding carboxylic acids is 1. The van der Waals surface area contributed by atoms with Crippen molar-refractivity contribution >= 4 is 5.91 Å². The summed E-state index contributed by atoms with van der Waals surface area (Å²) >= 11 is 0. The summed E-state index contributed by atoms with van der Waals surface area (Å²) in [7, 11) is 0. The minimum atomic E-state index is 0.0229. The van der Waals surface area contributed by atoms with Gasteiger partial charge in [-0.05, 0) is 28.7 Å². The van der Waals surface area contributed by atoms with Crippen LogP contribution in [0.1, 0.15) is 40.5 Å². The van der Waals surface area contributed by atoms with Crippen LogP contribution in [0.5, 0.6) is 0 Å². The SMILES string of the molecule is C=CCNC(=O)[C@@H]1CC2c3ccccc3C1c1ccccc12. The Morgan fingerprint density at radius 1 is 1.05 bits per heavy atom. The maximum Gasteiger partial charge on any atom is 0.224 e. The van der Waals surface area contributed by atoms with E-state index in [1.165, 1.54) is 22.3 Å². The number of hydrogen-bond donors (Lipinski definition) is 1. The molecule has 0 radical (unpaired) electrons. The molecular weight excluding hydrogens is 270 g/mol. The molecule has 1 N–H and O–H groups in total. The van der Waals surface area contributed by atoms with Crippen LogP contribution in [0.4, 0.5) is 0 Å². The van der Waals surface area contributed by atoms with E-state index < -0.39 is 0 Å². The molecule has 3 aliphatic rings. The fraction of sp³-hybridized carbons (Fsp3) is 0.250. The number of nitrogens with one attached hydrogen (secondary N) is 1. The summed E-state index contributed by atoms with van der Waals surface area (Å²) in [6.45, 7) is 4.22. The molecule has 2 aromatic rings. The van der Waals surface area contributed by atoms with Gasteiger partial charge in [0, 0.05) is 24.3 Å². The fourth-order valence-corrected chi connectivity index (χ4v) is 4.20. The van der Waals surface area contributed by atoms with Crippen LogP contribution in [0.3, 0.4) is 0 Å². The monoisotopic (exact) mass is 289 g/mol. The van der Waals surface area contributed by atoms with E-state index in [-0.39, 0.29) is 17.7 Å². The van der Waals surface area contributed by atoms with Gasteiger partial charge in [0.2, 0.25) is 5.91 Å². The van der Waals surface area contributed by atoms with Crippen LogP contribution in [0.25, 0.3) is 0 Å². The minimum Gasteiger partial charge on any atom is -0.352 e. The Labute approximate surface area is 130 Å². The van der Waals surface area contributed by atoms with Crippen molar-refractivity contribution in [2.45, 2.75) is 18.3 Å². The first-order valence-corrected chi connectivity index (χ1v) is 7.87. The van der Waals surface area contributed by atoms with Crippen molar-refractivity contribution in [3.63, 3.8) is 0 Å². The summed E-state index contributed by atoms with van der Waals surface area (Å²) in [5.41, 5.74) is 5.46. The molecule has 2 aromatic carbocycles. The molecule has 2 heteroatoms. The molecule has 0 heterocycles. The molecule has 0 aliphatic heterocycles. The second-order valence-electron chi connectivity index (χ2n) is 6.16. The van der Waals surface area contributed by atoms with Gasteiger partial charge in [0.15, 0.2) is 0 Å². The Kier molecular flexibility index (Phi) is 3.11. The zero-order chi connectivity index (χ0) is 15.1. The molecule has 0 saturated carbocycles. The van der Waals surface area contributed by atoms with Crippen molar-refractivity contribution in [1.29, 1.82) is 0 Å². The lowest BCUT2D eigenvalue weighted by Crippen LogP contribution is -2.41. The zero-order valence-electron chi connectivity index (χ0n) is 12.5. The largest absolute Gasteiger partial charge is 0.352 e. The molecule has 0 aromatic heterocycles. The average molecular weight is 289 g/mol. The molecule has 2 nitrogen and oxygen atoms in total. The molecular formula is C20H19NO. The van der Waals surface area contributed by atoms with E-state index in [2.05, 4.69) is 60.4 Å². The van der Waals surface area contributed by atoms with Crippen molar-refractivity contribution in [1.82, 2.24) is 5.32 Å². The molecule has 1 atom stereocenters. The summed E-state index contributed by atoms with van der Waals surface area (Å²) in [4.78, 5) is 12.6. The van der Waals surface area contributed by atoms with Crippen LogP contribution in [-0.4, -0.2) is 12.5 Å². The number of rotatable bonds is 3. The van der Waals surface area contributed by atoms with E-state index in [4.69, 9.17) is 0 Å². The quantitative estimate of drug-likeness (QED) is 0.860. The molecule has 1 amide bonds. The van der Waals surface area contributed by atoms with E-state index in [9.17, 15) is 4.79 Å². The highest BCUT2D eigenvalue weighted by Crippen LogP contribution is 2.55. The van der Waals surface area contributed by atoms with Gasteiger partial charge >= 0.3 is 0 Å². The highest BCUT2D eigenvalue weighted by molar-refractivity contribution is 5.82. The molecule has 22 heavy (non-hydrogen) atoms.